The van der Waals surface area contributed by atoms with Crippen molar-refractivity contribution in [3.05, 3.63) is 42.2 Å². The summed E-state index contributed by atoms with van der Waals surface area (Å²) in [6, 6.07) is 9.94. The van der Waals surface area contributed by atoms with Crippen LogP contribution in [-0.4, -0.2) is 11.8 Å². The highest BCUT2D eigenvalue weighted by Gasteiger charge is 2.61. The number of hydrogen-bond acceptors (Lipinski definition) is 2. The monoisotopic (exact) mass is 309 g/mol. The van der Waals surface area contributed by atoms with Gasteiger partial charge in [0, 0.05) is 10.8 Å². The van der Waals surface area contributed by atoms with Crippen LogP contribution in [0.3, 0.4) is 0 Å². The fraction of sp³-hybridized carbons (Fsp3) is 0.368. The highest BCUT2D eigenvalue weighted by Crippen LogP contribution is 2.56. The first kappa shape index (κ1) is 13.2. The predicted octanol–water partition coefficient (Wildman–Crippen LogP) is 3.51. The maximum atomic E-state index is 14.0. The number of imide groups is 1. The summed E-state index contributed by atoms with van der Waals surface area (Å²) >= 11 is 0. The molecular weight excluding hydrogens is 293 g/mol. The Morgan fingerprint density at radius 3 is 2.13 bits per heavy atom. The third kappa shape index (κ3) is 1.58. The van der Waals surface area contributed by atoms with Crippen molar-refractivity contribution >= 4 is 28.3 Å². The molecule has 0 aromatic heterocycles. The summed E-state index contributed by atoms with van der Waals surface area (Å²) in [4.78, 5) is 27.2. The minimum absolute atomic E-state index is 0.0797. The number of carbonyl (C=O) groups excluding carboxylic acids is 2. The number of fused-ring (bicyclic) bond motifs is 6. The summed E-state index contributed by atoms with van der Waals surface area (Å²) in [7, 11) is 0. The van der Waals surface area contributed by atoms with Crippen LogP contribution in [0.5, 0.6) is 0 Å². The molecule has 5 rings (SSSR count). The minimum Gasteiger partial charge on any atom is -0.274 e. The summed E-state index contributed by atoms with van der Waals surface area (Å²) in [6.07, 6.45) is 3.14. The van der Waals surface area contributed by atoms with E-state index < -0.39 is 0 Å². The number of amides is 2. The zero-order valence-electron chi connectivity index (χ0n) is 12.5. The zero-order valence-corrected chi connectivity index (χ0v) is 12.5. The molecule has 1 aliphatic heterocycles. The molecule has 2 aromatic rings. The number of nitrogens with zero attached hydrogens (tertiary/aromatic N) is 1. The first-order chi connectivity index (χ1) is 11.2. The summed E-state index contributed by atoms with van der Waals surface area (Å²) in [5, 5.41) is 1.08. The molecule has 0 radical (unpaired) electrons. The second-order valence-electron chi connectivity index (χ2n) is 7.01. The molecule has 2 bridgehead atoms. The quantitative estimate of drug-likeness (QED) is 0.756. The van der Waals surface area contributed by atoms with Crippen molar-refractivity contribution < 1.29 is 14.0 Å². The normalized spacial score (nSPS) is 32.1. The maximum Gasteiger partial charge on any atom is 0.237 e. The van der Waals surface area contributed by atoms with Crippen LogP contribution in [0.2, 0.25) is 0 Å². The molecule has 1 heterocycles. The average molecular weight is 309 g/mol. The van der Waals surface area contributed by atoms with Crippen molar-refractivity contribution in [3.63, 3.8) is 0 Å². The molecule has 2 aromatic carbocycles. The fourth-order valence-corrected chi connectivity index (χ4v) is 5.09. The van der Waals surface area contributed by atoms with Gasteiger partial charge in [0.1, 0.15) is 5.82 Å². The maximum absolute atomic E-state index is 14.0. The number of benzene rings is 2. The van der Waals surface area contributed by atoms with Crippen LogP contribution < -0.4 is 4.90 Å². The molecule has 116 valence electrons. The van der Waals surface area contributed by atoms with Crippen LogP contribution in [-0.2, 0) is 9.59 Å². The van der Waals surface area contributed by atoms with Gasteiger partial charge in [-0.25, -0.2) is 9.29 Å². The van der Waals surface area contributed by atoms with Gasteiger partial charge < -0.3 is 0 Å². The zero-order chi connectivity index (χ0) is 15.7. The lowest BCUT2D eigenvalue weighted by Crippen LogP contribution is -2.32. The van der Waals surface area contributed by atoms with E-state index in [4.69, 9.17) is 0 Å². The number of anilines is 1. The lowest BCUT2D eigenvalue weighted by Gasteiger charge is -2.19. The van der Waals surface area contributed by atoms with E-state index >= 15 is 0 Å². The average Bonchev–Trinajstić information content (AvgIpc) is 3.24. The largest absolute Gasteiger partial charge is 0.274 e. The summed E-state index contributed by atoms with van der Waals surface area (Å²) in [5.74, 6) is -0.0666. The van der Waals surface area contributed by atoms with Crippen molar-refractivity contribution in [1.82, 2.24) is 0 Å². The van der Waals surface area contributed by atoms with E-state index in [-0.39, 0.29) is 29.5 Å². The van der Waals surface area contributed by atoms with Crippen LogP contribution in [0.25, 0.3) is 10.8 Å². The lowest BCUT2D eigenvalue weighted by molar-refractivity contribution is -0.123. The van der Waals surface area contributed by atoms with E-state index in [2.05, 4.69) is 0 Å². The minimum atomic E-state index is -0.330. The molecule has 2 amide bonds. The van der Waals surface area contributed by atoms with Gasteiger partial charge in [-0.3, -0.25) is 9.59 Å². The Labute approximate surface area is 133 Å². The van der Waals surface area contributed by atoms with Gasteiger partial charge in [0.25, 0.3) is 0 Å². The standard InChI is InChI=1S/C19H16FNO2/c20-14-7-8-15(13-4-2-1-3-12(13)14)21-18(22)16-10-5-6-11(9-10)17(16)19(21)23/h1-4,7-8,10-11,16-17H,5-6,9H2/t10-,11+,16-,17+. The van der Waals surface area contributed by atoms with Gasteiger partial charge in [-0.05, 0) is 43.2 Å². The van der Waals surface area contributed by atoms with E-state index in [1.165, 1.54) is 11.0 Å². The molecule has 0 spiro atoms. The molecule has 3 fully saturated rings. The van der Waals surface area contributed by atoms with Crippen molar-refractivity contribution in [2.45, 2.75) is 19.3 Å². The van der Waals surface area contributed by atoms with E-state index in [1.54, 1.807) is 30.3 Å². The van der Waals surface area contributed by atoms with E-state index in [9.17, 15) is 14.0 Å². The SMILES string of the molecule is O=C1[C@@H]2[C@@H]3CC[C@@H](C3)[C@@H]2C(=O)N1c1ccc(F)c2ccccc12. The molecule has 4 atom stereocenters. The summed E-state index contributed by atoms with van der Waals surface area (Å²) < 4.78 is 14.0. The Kier molecular flexibility index (Phi) is 2.53. The van der Waals surface area contributed by atoms with Gasteiger partial charge in [-0.2, -0.15) is 0 Å². The van der Waals surface area contributed by atoms with Crippen LogP contribution >= 0.6 is 0 Å². The fourth-order valence-electron chi connectivity index (χ4n) is 5.09. The van der Waals surface area contributed by atoms with Crippen LogP contribution in [0.1, 0.15) is 19.3 Å². The molecule has 2 saturated carbocycles. The number of hydrogen-bond donors (Lipinski definition) is 0. The Hall–Kier alpha value is -2.23. The van der Waals surface area contributed by atoms with Crippen molar-refractivity contribution in [2.75, 3.05) is 4.90 Å². The summed E-state index contributed by atoms with van der Waals surface area (Å²) in [5.41, 5.74) is 0.533. The second-order valence-corrected chi connectivity index (χ2v) is 7.01. The highest BCUT2D eigenvalue weighted by atomic mass is 19.1. The molecule has 1 saturated heterocycles. The first-order valence-electron chi connectivity index (χ1n) is 8.22. The summed E-state index contributed by atoms with van der Waals surface area (Å²) in [6.45, 7) is 0. The van der Waals surface area contributed by atoms with Crippen LogP contribution in [0.15, 0.2) is 36.4 Å². The number of carbonyl (C=O) groups is 2. The van der Waals surface area contributed by atoms with Crippen molar-refractivity contribution in [1.29, 1.82) is 0 Å². The number of halogens is 1. The lowest BCUT2D eigenvalue weighted by atomic mass is 9.81. The molecule has 23 heavy (non-hydrogen) atoms. The van der Waals surface area contributed by atoms with E-state index in [0.717, 1.165) is 19.3 Å². The van der Waals surface area contributed by atoms with Gasteiger partial charge in [-0.15, -0.1) is 0 Å². The second kappa shape index (κ2) is 4.40. The van der Waals surface area contributed by atoms with Gasteiger partial charge in [0.15, 0.2) is 0 Å². The molecule has 2 aliphatic carbocycles. The highest BCUT2D eigenvalue weighted by molar-refractivity contribution is 6.25. The third-order valence-electron chi connectivity index (χ3n) is 6.02. The van der Waals surface area contributed by atoms with Gasteiger partial charge in [0.05, 0.1) is 17.5 Å². The topological polar surface area (TPSA) is 37.4 Å². The van der Waals surface area contributed by atoms with Crippen molar-refractivity contribution in [2.24, 2.45) is 23.7 Å². The number of rotatable bonds is 1. The molecule has 0 unspecified atom stereocenters. The van der Waals surface area contributed by atoms with Crippen LogP contribution in [0.4, 0.5) is 10.1 Å². The van der Waals surface area contributed by atoms with E-state index in [0.29, 0.717) is 28.3 Å². The Balaban J connectivity index is 1.67. The molecular formula is C19H16FNO2. The van der Waals surface area contributed by atoms with Crippen molar-refractivity contribution in [3.8, 4) is 0 Å². The van der Waals surface area contributed by atoms with Gasteiger partial charge >= 0.3 is 0 Å². The third-order valence-corrected chi connectivity index (χ3v) is 6.02. The Morgan fingerprint density at radius 2 is 1.48 bits per heavy atom. The van der Waals surface area contributed by atoms with E-state index in [1.807, 2.05) is 0 Å². The Bertz CT molecular complexity index is 834. The smallest absolute Gasteiger partial charge is 0.237 e. The predicted molar refractivity (Wildman–Crippen MR) is 84.2 cm³/mol. The van der Waals surface area contributed by atoms with Gasteiger partial charge in [0.2, 0.25) is 11.8 Å². The first-order valence-corrected chi connectivity index (χ1v) is 8.22. The molecule has 3 nitrogen and oxygen atoms in total. The molecule has 4 heteroatoms. The van der Waals surface area contributed by atoms with Gasteiger partial charge in [-0.1, -0.05) is 24.3 Å². The van der Waals surface area contributed by atoms with Crippen LogP contribution in [0, 0.1) is 29.5 Å². The molecule has 0 N–H and O–H groups in total. The molecule has 3 aliphatic rings. The Morgan fingerprint density at radius 1 is 0.870 bits per heavy atom.